The van der Waals surface area contributed by atoms with E-state index in [0.29, 0.717) is 22.3 Å². The fraction of sp³-hybridized carbons (Fsp3) is 0.400. The van der Waals surface area contributed by atoms with Gasteiger partial charge in [-0.05, 0) is 38.6 Å². The number of halogens is 2. The topological polar surface area (TPSA) is 32.3 Å². The van der Waals surface area contributed by atoms with Crippen LogP contribution in [0.25, 0.3) is 0 Å². The van der Waals surface area contributed by atoms with Crippen LogP contribution in [0.1, 0.15) is 20.8 Å². The number of benzene rings is 1. The minimum absolute atomic E-state index is 0.0997. The van der Waals surface area contributed by atoms with Crippen molar-refractivity contribution in [2.45, 2.75) is 26.8 Å². The van der Waals surface area contributed by atoms with Gasteiger partial charge >= 0.3 is 0 Å². The van der Waals surface area contributed by atoms with Crippen molar-refractivity contribution in [2.24, 2.45) is 0 Å². The molecule has 0 radical (unpaired) electrons. The third-order valence-electron chi connectivity index (χ3n) is 3.00. The summed E-state index contributed by atoms with van der Waals surface area (Å²) in [5.74, 6) is -0.0997. The summed E-state index contributed by atoms with van der Waals surface area (Å²) >= 11 is 11.9. The molecule has 1 aromatic rings. The Bertz CT molecular complexity index is 503. The van der Waals surface area contributed by atoms with Crippen molar-refractivity contribution in [1.29, 1.82) is 0 Å². The Morgan fingerprint density at radius 1 is 1.45 bits per heavy atom. The lowest BCUT2D eigenvalue weighted by Crippen LogP contribution is -2.42. The average molecular weight is 315 g/mol. The van der Waals surface area contributed by atoms with Gasteiger partial charge in [-0.3, -0.25) is 9.69 Å². The van der Waals surface area contributed by atoms with Crippen molar-refractivity contribution >= 4 is 34.8 Å². The van der Waals surface area contributed by atoms with Gasteiger partial charge in [0.1, 0.15) is 0 Å². The largest absolute Gasteiger partial charge is 0.323 e. The summed E-state index contributed by atoms with van der Waals surface area (Å²) in [5.41, 5.74) is 1.59. The number of likely N-dealkylation sites (N-methyl/N-ethyl adjacent to an activating group) is 1. The number of nitrogens with zero attached hydrogens (tertiary/aromatic N) is 1. The molecule has 0 spiro atoms. The Kier molecular flexibility index (Phi) is 6.53. The molecular weight excluding hydrogens is 295 g/mol. The summed E-state index contributed by atoms with van der Waals surface area (Å²) in [4.78, 5) is 14.3. The number of hydrogen-bond acceptors (Lipinski definition) is 2. The summed E-state index contributed by atoms with van der Waals surface area (Å²) in [6, 6.07) is 4.74. The molecule has 0 aliphatic carbocycles. The normalized spacial score (nSPS) is 12.3. The van der Waals surface area contributed by atoms with Crippen LogP contribution in [0.3, 0.4) is 0 Å². The van der Waals surface area contributed by atoms with Gasteiger partial charge in [-0.25, -0.2) is 0 Å². The van der Waals surface area contributed by atoms with Crippen molar-refractivity contribution in [2.75, 3.05) is 18.4 Å². The van der Waals surface area contributed by atoms with Gasteiger partial charge < -0.3 is 5.32 Å². The number of hydrogen-bond donors (Lipinski definition) is 1. The second kappa shape index (κ2) is 7.67. The number of carbonyl (C=O) groups is 1. The molecule has 1 N–H and O–H groups in total. The monoisotopic (exact) mass is 314 g/mol. The van der Waals surface area contributed by atoms with Crippen LogP contribution < -0.4 is 5.32 Å². The van der Waals surface area contributed by atoms with Crippen LogP contribution in [0, 0.1) is 0 Å². The van der Waals surface area contributed by atoms with Crippen LogP contribution in [0.4, 0.5) is 5.69 Å². The van der Waals surface area contributed by atoms with E-state index in [2.05, 4.69) is 11.9 Å². The molecule has 0 aliphatic heterocycles. The van der Waals surface area contributed by atoms with Crippen molar-refractivity contribution in [1.82, 2.24) is 4.90 Å². The first-order valence-electron chi connectivity index (χ1n) is 6.49. The van der Waals surface area contributed by atoms with E-state index in [-0.39, 0.29) is 11.9 Å². The molecule has 0 bridgehead atoms. The highest BCUT2D eigenvalue weighted by Crippen LogP contribution is 2.25. The molecule has 1 aromatic carbocycles. The molecule has 1 rings (SSSR count). The van der Waals surface area contributed by atoms with E-state index < -0.39 is 0 Å². The molecular formula is C15H20Cl2N2O. The third-order valence-corrected chi connectivity index (χ3v) is 3.54. The number of nitrogens with one attached hydrogen (secondary N) is 1. The van der Waals surface area contributed by atoms with Crippen LogP contribution in [0.15, 0.2) is 30.4 Å². The van der Waals surface area contributed by atoms with Gasteiger partial charge in [0.2, 0.25) is 5.91 Å². The third kappa shape index (κ3) is 4.82. The summed E-state index contributed by atoms with van der Waals surface area (Å²) in [5, 5.41) is 3.80. The maximum atomic E-state index is 12.3. The minimum atomic E-state index is -0.261. The zero-order valence-electron chi connectivity index (χ0n) is 12.0. The summed E-state index contributed by atoms with van der Waals surface area (Å²) in [7, 11) is 0. The first-order chi connectivity index (χ1) is 9.35. The molecule has 1 atom stereocenters. The van der Waals surface area contributed by atoms with Crippen molar-refractivity contribution < 1.29 is 4.79 Å². The molecule has 0 aromatic heterocycles. The van der Waals surface area contributed by atoms with E-state index >= 15 is 0 Å². The minimum Gasteiger partial charge on any atom is -0.323 e. The Balaban J connectivity index is 2.76. The van der Waals surface area contributed by atoms with E-state index in [1.807, 2.05) is 25.7 Å². The predicted octanol–water partition coefficient (Wildman–Crippen LogP) is 4.22. The second-order valence-electron chi connectivity index (χ2n) is 4.81. The van der Waals surface area contributed by atoms with Gasteiger partial charge in [0, 0.05) is 11.6 Å². The Morgan fingerprint density at radius 2 is 2.10 bits per heavy atom. The van der Waals surface area contributed by atoms with Gasteiger partial charge in [-0.2, -0.15) is 0 Å². The molecule has 1 amide bonds. The van der Waals surface area contributed by atoms with Gasteiger partial charge in [-0.15, -0.1) is 0 Å². The van der Waals surface area contributed by atoms with Crippen LogP contribution in [-0.2, 0) is 4.79 Å². The SMILES string of the molecule is C=C(C)CN(CC)C(C)C(=O)Nc1ccc(Cl)cc1Cl. The highest BCUT2D eigenvalue weighted by atomic mass is 35.5. The molecule has 110 valence electrons. The lowest BCUT2D eigenvalue weighted by atomic mass is 10.2. The van der Waals surface area contributed by atoms with Gasteiger partial charge in [0.15, 0.2) is 0 Å². The van der Waals surface area contributed by atoms with E-state index in [1.54, 1.807) is 18.2 Å². The molecule has 3 nitrogen and oxygen atoms in total. The van der Waals surface area contributed by atoms with Gasteiger partial charge in [-0.1, -0.05) is 42.3 Å². The van der Waals surface area contributed by atoms with Gasteiger partial charge in [0.05, 0.1) is 16.8 Å². The van der Waals surface area contributed by atoms with E-state index in [4.69, 9.17) is 23.2 Å². The maximum Gasteiger partial charge on any atom is 0.241 e. The predicted molar refractivity (Wildman–Crippen MR) is 86.6 cm³/mol. The highest BCUT2D eigenvalue weighted by molar-refractivity contribution is 6.36. The maximum absolute atomic E-state index is 12.3. The second-order valence-corrected chi connectivity index (χ2v) is 5.65. The number of rotatable bonds is 6. The Labute approximate surface area is 130 Å². The van der Waals surface area contributed by atoms with E-state index in [0.717, 1.165) is 12.1 Å². The number of carbonyl (C=O) groups excluding carboxylic acids is 1. The fourth-order valence-electron chi connectivity index (χ4n) is 1.86. The Morgan fingerprint density at radius 3 is 2.60 bits per heavy atom. The van der Waals surface area contributed by atoms with Crippen LogP contribution in [0.2, 0.25) is 10.0 Å². The zero-order chi connectivity index (χ0) is 15.3. The Hall–Kier alpha value is -1.03. The number of amides is 1. The van der Waals surface area contributed by atoms with Crippen LogP contribution in [-0.4, -0.2) is 29.9 Å². The quantitative estimate of drug-likeness (QED) is 0.797. The first kappa shape index (κ1) is 17.0. The van der Waals surface area contributed by atoms with Crippen LogP contribution in [0.5, 0.6) is 0 Å². The average Bonchev–Trinajstić information content (AvgIpc) is 2.38. The lowest BCUT2D eigenvalue weighted by molar-refractivity contribution is -0.120. The molecule has 0 saturated heterocycles. The molecule has 0 aliphatic rings. The van der Waals surface area contributed by atoms with Crippen LogP contribution >= 0.6 is 23.2 Å². The molecule has 1 unspecified atom stereocenters. The molecule has 0 fully saturated rings. The van der Waals surface area contributed by atoms with Crippen molar-refractivity contribution in [3.63, 3.8) is 0 Å². The summed E-state index contributed by atoms with van der Waals surface area (Å²) < 4.78 is 0. The number of anilines is 1. The lowest BCUT2D eigenvalue weighted by Gasteiger charge is -2.27. The van der Waals surface area contributed by atoms with Crippen molar-refractivity contribution in [3.05, 3.63) is 40.4 Å². The van der Waals surface area contributed by atoms with E-state index in [9.17, 15) is 4.79 Å². The highest BCUT2D eigenvalue weighted by Gasteiger charge is 2.20. The molecule has 5 heteroatoms. The van der Waals surface area contributed by atoms with E-state index in [1.165, 1.54) is 0 Å². The van der Waals surface area contributed by atoms with Crippen molar-refractivity contribution in [3.8, 4) is 0 Å². The first-order valence-corrected chi connectivity index (χ1v) is 7.25. The molecule has 0 saturated carbocycles. The summed E-state index contributed by atoms with van der Waals surface area (Å²) in [6.07, 6.45) is 0. The molecule has 20 heavy (non-hydrogen) atoms. The van der Waals surface area contributed by atoms with Gasteiger partial charge in [0.25, 0.3) is 0 Å². The smallest absolute Gasteiger partial charge is 0.241 e. The fourth-order valence-corrected chi connectivity index (χ4v) is 2.32. The molecule has 0 heterocycles. The standard InChI is InChI=1S/C15H20Cl2N2O/c1-5-19(9-10(2)3)11(4)15(20)18-14-7-6-12(16)8-13(14)17/h6-8,11H,2,5,9H2,1,3-4H3,(H,18,20). The summed E-state index contributed by atoms with van der Waals surface area (Å²) in [6.45, 7) is 11.2. The zero-order valence-corrected chi connectivity index (χ0v) is 13.6.